The summed E-state index contributed by atoms with van der Waals surface area (Å²) in [6.07, 6.45) is 1.74. The van der Waals surface area contributed by atoms with Crippen molar-refractivity contribution < 1.29 is 4.74 Å². The highest BCUT2D eigenvalue weighted by atomic mass is 16.5. The Morgan fingerprint density at radius 3 is 2.26 bits per heavy atom. The molecular formula is C22H18N4O. The summed E-state index contributed by atoms with van der Waals surface area (Å²) in [4.78, 5) is 13.7. The number of aromatic nitrogens is 3. The minimum atomic E-state index is 0.577. The molecule has 4 aromatic rings. The third kappa shape index (κ3) is 3.93. The summed E-state index contributed by atoms with van der Waals surface area (Å²) in [5.41, 5.74) is 3.51. The average molecular weight is 354 g/mol. The first-order valence-electron chi connectivity index (χ1n) is 8.59. The topological polar surface area (TPSA) is 59.9 Å². The van der Waals surface area contributed by atoms with Gasteiger partial charge in [0.25, 0.3) is 0 Å². The quantitative estimate of drug-likeness (QED) is 0.549. The van der Waals surface area contributed by atoms with Crippen molar-refractivity contribution in [3.8, 4) is 28.5 Å². The van der Waals surface area contributed by atoms with Gasteiger partial charge in [-0.1, -0.05) is 36.4 Å². The van der Waals surface area contributed by atoms with Gasteiger partial charge in [-0.05, 0) is 36.4 Å². The fourth-order valence-electron chi connectivity index (χ4n) is 2.70. The van der Waals surface area contributed by atoms with Crippen LogP contribution in [-0.2, 0) is 0 Å². The van der Waals surface area contributed by atoms with E-state index in [1.807, 2.05) is 78.9 Å². The summed E-state index contributed by atoms with van der Waals surface area (Å²) in [6.45, 7) is 0. The van der Waals surface area contributed by atoms with Gasteiger partial charge >= 0.3 is 0 Å². The molecule has 0 saturated heterocycles. The smallest absolute Gasteiger partial charge is 0.180 e. The van der Waals surface area contributed by atoms with Gasteiger partial charge in [0.15, 0.2) is 5.82 Å². The molecule has 0 aliphatic rings. The van der Waals surface area contributed by atoms with E-state index >= 15 is 0 Å². The van der Waals surface area contributed by atoms with Crippen molar-refractivity contribution in [3.63, 3.8) is 0 Å². The van der Waals surface area contributed by atoms with Crippen LogP contribution in [0.1, 0.15) is 0 Å². The molecule has 0 radical (unpaired) electrons. The van der Waals surface area contributed by atoms with Crippen molar-refractivity contribution in [1.82, 2.24) is 15.0 Å². The van der Waals surface area contributed by atoms with Crippen LogP contribution in [0.4, 0.5) is 11.5 Å². The maximum absolute atomic E-state index is 5.21. The van der Waals surface area contributed by atoms with E-state index in [2.05, 4.69) is 15.3 Å². The van der Waals surface area contributed by atoms with Crippen LogP contribution in [0.3, 0.4) is 0 Å². The van der Waals surface area contributed by atoms with E-state index < -0.39 is 0 Å². The number of pyridine rings is 1. The van der Waals surface area contributed by atoms with Crippen molar-refractivity contribution in [3.05, 3.63) is 85.1 Å². The highest BCUT2D eigenvalue weighted by Crippen LogP contribution is 2.26. The first-order chi connectivity index (χ1) is 13.3. The monoisotopic (exact) mass is 354 g/mol. The molecule has 2 aromatic carbocycles. The second-order valence-electron chi connectivity index (χ2n) is 5.90. The SMILES string of the molecule is COc1ccc(Nc2cc(-c3ccccc3)nc(-c3ccccn3)n2)cc1. The lowest BCUT2D eigenvalue weighted by molar-refractivity contribution is 0.415. The molecule has 0 bridgehead atoms. The number of ether oxygens (including phenoxy) is 1. The number of methoxy groups -OCH3 is 1. The summed E-state index contributed by atoms with van der Waals surface area (Å²) in [7, 11) is 1.65. The minimum absolute atomic E-state index is 0.577. The zero-order valence-electron chi connectivity index (χ0n) is 14.8. The Morgan fingerprint density at radius 1 is 0.778 bits per heavy atom. The predicted molar refractivity (Wildman–Crippen MR) is 107 cm³/mol. The number of hydrogen-bond acceptors (Lipinski definition) is 5. The maximum Gasteiger partial charge on any atom is 0.180 e. The van der Waals surface area contributed by atoms with Crippen LogP contribution in [0.15, 0.2) is 85.1 Å². The molecule has 2 aromatic heterocycles. The molecule has 0 atom stereocenters. The van der Waals surface area contributed by atoms with Gasteiger partial charge in [0.1, 0.15) is 17.3 Å². The van der Waals surface area contributed by atoms with Gasteiger partial charge in [-0.25, -0.2) is 9.97 Å². The predicted octanol–water partition coefficient (Wildman–Crippen LogP) is 4.96. The molecule has 0 saturated carbocycles. The zero-order valence-corrected chi connectivity index (χ0v) is 14.8. The summed E-state index contributed by atoms with van der Waals surface area (Å²) < 4.78 is 5.21. The fraction of sp³-hybridized carbons (Fsp3) is 0.0455. The summed E-state index contributed by atoms with van der Waals surface area (Å²) in [6, 6.07) is 25.4. The van der Waals surface area contributed by atoms with Crippen molar-refractivity contribution in [2.75, 3.05) is 12.4 Å². The van der Waals surface area contributed by atoms with Crippen molar-refractivity contribution in [2.24, 2.45) is 0 Å². The van der Waals surface area contributed by atoms with E-state index in [0.717, 1.165) is 28.4 Å². The third-order valence-corrected chi connectivity index (χ3v) is 4.05. The Balaban J connectivity index is 1.75. The normalized spacial score (nSPS) is 10.4. The lowest BCUT2D eigenvalue weighted by Crippen LogP contribution is -2.00. The number of benzene rings is 2. The molecule has 0 aliphatic heterocycles. The molecule has 132 valence electrons. The van der Waals surface area contributed by atoms with E-state index in [9.17, 15) is 0 Å². The minimum Gasteiger partial charge on any atom is -0.497 e. The summed E-state index contributed by atoms with van der Waals surface area (Å²) >= 11 is 0. The van der Waals surface area contributed by atoms with Gasteiger partial charge in [0, 0.05) is 23.5 Å². The van der Waals surface area contributed by atoms with Crippen LogP contribution in [0, 0.1) is 0 Å². The molecule has 0 unspecified atom stereocenters. The van der Waals surface area contributed by atoms with Gasteiger partial charge in [-0.15, -0.1) is 0 Å². The number of nitrogens with one attached hydrogen (secondary N) is 1. The summed E-state index contributed by atoms with van der Waals surface area (Å²) in [5.74, 6) is 2.09. The largest absolute Gasteiger partial charge is 0.497 e. The number of rotatable bonds is 5. The van der Waals surface area contributed by atoms with E-state index in [1.165, 1.54) is 0 Å². The molecule has 4 rings (SSSR count). The van der Waals surface area contributed by atoms with Crippen LogP contribution < -0.4 is 10.1 Å². The zero-order chi connectivity index (χ0) is 18.5. The molecule has 1 N–H and O–H groups in total. The molecule has 27 heavy (non-hydrogen) atoms. The molecule has 2 heterocycles. The first-order valence-corrected chi connectivity index (χ1v) is 8.59. The Kier molecular flexibility index (Phi) is 4.74. The van der Waals surface area contributed by atoms with Crippen molar-refractivity contribution >= 4 is 11.5 Å². The Morgan fingerprint density at radius 2 is 1.56 bits per heavy atom. The van der Waals surface area contributed by atoms with Gasteiger partial charge < -0.3 is 10.1 Å². The second kappa shape index (κ2) is 7.66. The second-order valence-corrected chi connectivity index (χ2v) is 5.90. The Hall–Kier alpha value is -3.73. The number of hydrogen-bond donors (Lipinski definition) is 1. The number of anilines is 2. The van der Waals surface area contributed by atoms with Crippen LogP contribution >= 0.6 is 0 Å². The number of nitrogens with zero attached hydrogens (tertiary/aromatic N) is 3. The average Bonchev–Trinajstić information content (AvgIpc) is 2.75. The Bertz CT molecular complexity index is 961. The van der Waals surface area contributed by atoms with Crippen molar-refractivity contribution in [1.29, 1.82) is 0 Å². The molecule has 0 amide bonds. The van der Waals surface area contributed by atoms with E-state index in [0.29, 0.717) is 11.6 Å². The van der Waals surface area contributed by atoms with E-state index in [1.54, 1.807) is 13.3 Å². The molecule has 0 fully saturated rings. The van der Waals surface area contributed by atoms with E-state index in [-0.39, 0.29) is 0 Å². The summed E-state index contributed by atoms with van der Waals surface area (Å²) in [5, 5.41) is 3.34. The molecular weight excluding hydrogens is 336 g/mol. The third-order valence-electron chi connectivity index (χ3n) is 4.05. The van der Waals surface area contributed by atoms with Crippen LogP contribution in [-0.4, -0.2) is 22.1 Å². The van der Waals surface area contributed by atoms with Gasteiger partial charge in [0.05, 0.1) is 12.8 Å². The van der Waals surface area contributed by atoms with Crippen LogP contribution in [0.5, 0.6) is 5.75 Å². The maximum atomic E-state index is 5.21. The molecule has 5 nitrogen and oxygen atoms in total. The lowest BCUT2D eigenvalue weighted by Gasteiger charge is -2.11. The van der Waals surface area contributed by atoms with E-state index in [4.69, 9.17) is 9.72 Å². The fourth-order valence-corrected chi connectivity index (χ4v) is 2.70. The van der Waals surface area contributed by atoms with Crippen LogP contribution in [0.2, 0.25) is 0 Å². The Labute approximate surface area is 157 Å². The van der Waals surface area contributed by atoms with Gasteiger partial charge in [-0.2, -0.15) is 0 Å². The molecule has 5 heteroatoms. The molecule has 0 spiro atoms. The van der Waals surface area contributed by atoms with Gasteiger partial charge in [0.2, 0.25) is 0 Å². The highest BCUT2D eigenvalue weighted by molar-refractivity contribution is 5.69. The van der Waals surface area contributed by atoms with Crippen molar-refractivity contribution in [2.45, 2.75) is 0 Å². The lowest BCUT2D eigenvalue weighted by atomic mass is 10.1. The molecule has 0 aliphatic carbocycles. The standard InChI is InChI=1S/C22H18N4O/c1-27-18-12-10-17(11-13-18)24-21-15-20(16-7-3-2-4-8-16)25-22(26-21)19-9-5-6-14-23-19/h2-15H,1H3,(H,24,25,26). The first kappa shape index (κ1) is 16.7. The van der Waals surface area contributed by atoms with Crippen LogP contribution in [0.25, 0.3) is 22.8 Å². The van der Waals surface area contributed by atoms with Gasteiger partial charge in [-0.3, -0.25) is 4.98 Å². The highest BCUT2D eigenvalue weighted by Gasteiger charge is 2.10.